The molecule has 2 heterocycles. The predicted molar refractivity (Wildman–Crippen MR) is 74.6 cm³/mol. The van der Waals surface area contributed by atoms with Crippen LogP contribution in [0.1, 0.15) is 16.1 Å². The Balaban J connectivity index is 2.17. The average Bonchev–Trinajstić information content (AvgIpc) is 2.37. The first-order valence-corrected chi connectivity index (χ1v) is 8.04. The molecule has 0 aliphatic carbocycles. The lowest BCUT2D eigenvalue weighted by Crippen LogP contribution is -2.48. The number of carbonyl (C=O) groups is 1. The molecule has 1 aromatic rings. The Morgan fingerprint density at radius 1 is 1.25 bits per heavy atom. The van der Waals surface area contributed by atoms with Crippen LogP contribution in [0.25, 0.3) is 0 Å². The van der Waals surface area contributed by atoms with Crippen LogP contribution in [0.4, 0.5) is 5.82 Å². The van der Waals surface area contributed by atoms with Gasteiger partial charge in [0.1, 0.15) is 5.82 Å². The van der Waals surface area contributed by atoms with Crippen LogP contribution in [0.15, 0.2) is 12.1 Å². The molecule has 7 nitrogen and oxygen atoms in total. The van der Waals surface area contributed by atoms with Crippen LogP contribution in [-0.2, 0) is 10.0 Å². The molecule has 0 atom stereocenters. The lowest BCUT2D eigenvalue weighted by molar-refractivity contribution is 0.0696. The molecule has 0 bridgehead atoms. The highest BCUT2D eigenvalue weighted by atomic mass is 32.2. The van der Waals surface area contributed by atoms with Gasteiger partial charge in [0, 0.05) is 31.9 Å². The van der Waals surface area contributed by atoms with Crippen molar-refractivity contribution in [3.05, 3.63) is 23.4 Å². The first-order valence-electron chi connectivity index (χ1n) is 6.19. The standard InChI is InChI=1S/C12H17N3O4S/c1-9-7-10(12(16)17)8-11(13-9)14-3-5-15(6-4-14)20(2,18)19/h7-8H,3-6H2,1-2H3,(H,16,17). The molecule has 1 aliphatic rings. The topological polar surface area (TPSA) is 90.8 Å². The number of carboxylic acid groups (broad SMARTS) is 1. The third-order valence-corrected chi connectivity index (χ3v) is 4.52. The van der Waals surface area contributed by atoms with E-state index >= 15 is 0 Å². The fraction of sp³-hybridized carbons (Fsp3) is 0.500. The van der Waals surface area contributed by atoms with Gasteiger partial charge in [-0.1, -0.05) is 0 Å². The van der Waals surface area contributed by atoms with E-state index in [-0.39, 0.29) is 5.56 Å². The Morgan fingerprint density at radius 3 is 2.35 bits per heavy atom. The van der Waals surface area contributed by atoms with Gasteiger partial charge in [0.15, 0.2) is 0 Å². The van der Waals surface area contributed by atoms with Crippen molar-refractivity contribution in [2.75, 3.05) is 37.3 Å². The van der Waals surface area contributed by atoms with E-state index in [9.17, 15) is 13.2 Å². The maximum Gasteiger partial charge on any atom is 0.335 e. The van der Waals surface area contributed by atoms with E-state index in [1.165, 1.54) is 22.7 Å². The Morgan fingerprint density at radius 2 is 1.85 bits per heavy atom. The molecule has 0 amide bonds. The number of aryl methyl sites for hydroxylation is 1. The second kappa shape index (κ2) is 5.37. The maximum absolute atomic E-state index is 11.4. The van der Waals surface area contributed by atoms with Crippen LogP contribution in [-0.4, -0.2) is 61.2 Å². The Hall–Kier alpha value is -1.67. The molecule has 8 heteroatoms. The molecular weight excluding hydrogens is 282 g/mol. The molecule has 110 valence electrons. The largest absolute Gasteiger partial charge is 0.478 e. The number of carboxylic acids is 1. The first kappa shape index (κ1) is 14.7. The molecule has 2 rings (SSSR count). The summed E-state index contributed by atoms with van der Waals surface area (Å²) in [5.74, 6) is -0.415. The van der Waals surface area contributed by atoms with Crippen molar-refractivity contribution in [3.63, 3.8) is 0 Å². The number of aromatic nitrogens is 1. The van der Waals surface area contributed by atoms with Crippen molar-refractivity contribution in [2.45, 2.75) is 6.92 Å². The Labute approximate surface area is 117 Å². The van der Waals surface area contributed by atoms with Crippen molar-refractivity contribution >= 4 is 21.8 Å². The van der Waals surface area contributed by atoms with Crippen molar-refractivity contribution < 1.29 is 18.3 Å². The van der Waals surface area contributed by atoms with Crippen molar-refractivity contribution in [3.8, 4) is 0 Å². The third kappa shape index (κ3) is 3.26. The Bertz CT molecular complexity index is 622. The van der Waals surface area contributed by atoms with Gasteiger partial charge >= 0.3 is 5.97 Å². The molecule has 20 heavy (non-hydrogen) atoms. The van der Waals surface area contributed by atoms with E-state index in [0.29, 0.717) is 37.7 Å². The number of hydrogen-bond donors (Lipinski definition) is 1. The summed E-state index contributed by atoms with van der Waals surface area (Å²) >= 11 is 0. The maximum atomic E-state index is 11.4. The van der Waals surface area contributed by atoms with Crippen LogP contribution in [0.5, 0.6) is 0 Å². The number of pyridine rings is 1. The van der Waals surface area contributed by atoms with Crippen molar-refractivity contribution in [2.24, 2.45) is 0 Å². The molecule has 1 fully saturated rings. The van der Waals surface area contributed by atoms with E-state index in [0.717, 1.165) is 0 Å². The summed E-state index contributed by atoms with van der Waals surface area (Å²) in [5.41, 5.74) is 0.823. The summed E-state index contributed by atoms with van der Waals surface area (Å²) in [7, 11) is -3.17. The van der Waals surface area contributed by atoms with E-state index in [1.807, 2.05) is 4.90 Å². The van der Waals surface area contributed by atoms with Crippen LogP contribution < -0.4 is 4.90 Å². The number of nitrogens with zero attached hydrogens (tertiary/aromatic N) is 3. The third-order valence-electron chi connectivity index (χ3n) is 3.22. The highest BCUT2D eigenvalue weighted by molar-refractivity contribution is 7.88. The second-order valence-electron chi connectivity index (χ2n) is 4.81. The fourth-order valence-corrected chi connectivity index (χ4v) is 3.01. The molecule has 0 radical (unpaired) electrons. The van der Waals surface area contributed by atoms with E-state index < -0.39 is 16.0 Å². The quantitative estimate of drug-likeness (QED) is 0.855. The molecular formula is C12H17N3O4S. The average molecular weight is 299 g/mol. The summed E-state index contributed by atoms with van der Waals surface area (Å²) in [6.07, 6.45) is 1.19. The lowest BCUT2D eigenvalue weighted by atomic mass is 10.2. The molecule has 1 saturated heterocycles. The van der Waals surface area contributed by atoms with Gasteiger partial charge in [-0.25, -0.2) is 18.2 Å². The summed E-state index contributed by atoms with van der Waals surface area (Å²) < 4.78 is 24.3. The van der Waals surface area contributed by atoms with Crippen LogP contribution in [0.3, 0.4) is 0 Å². The van der Waals surface area contributed by atoms with Gasteiger partial charge in [-0.05, 0) is 19.1 Å². The van der Waals surface area contributed by atoms with Crippen molar-refractivity contribution in [1.82, 2.24) is 9.29 Å². The minimum atomic E-state index is -3.17. The van der Waals surface area contributed by atoms with E-state index in [1.54, 1.807) is 6.92 Å². The minimum Gasteiger partial charge on any atom is -0.478 e. The number of aromatic carboxylic acids is 1. The molecule has 1 N–H and O–H groups in total. The summed E-state index contributed by atoms with van der Waals surface area (Å²) in [4.78, 5) is 17.3. The zero-order valence-corrected chi connectivity index (χ0v) is 12.2. The van der Waals surface area contributed by atoms with Crippen LogP contribution in [0.2, 0.25) is 0 Å². The van der Waals surface area contributed by atoms with Gasteiger partial charge in [0.05, 0.1) is 11.8 Å². The number of anilines is 1. The van der Waals surface area contributed by atoms with Gasteiger partial charge in [-0.3, -0.25) is 0 Å². The van der Waals surface area contributed by atoms with E-state index in [2.05, 4.69) is 4.98 Å². The van der Waals surface area contributed by atoms with Gasteiger partial charge < -0.3 is 10.0 Å². The van der Waals surface area contributed by atoms with Gasteiger partial charge in [0.2, 0.25) is 10.0 Å². The monoisotopic (exact) mass is 299 g/mol. The number of sulfonamides is 1. The highest BCUT2D eigenvalue weighted by Crippen LogP contribution is 2.18. The normalized spacial score (nSPS) is 17.2. The molecule has 0 spiro atoms. The van der Waals surface area contributed by atoms with Crippen LogP contribution >= 0.6 is 0 Å². The zero-order chi connectivity index (χ0) is 14.9. The van der Waals surface area contributed by atoms with Crippen LogP contribution in [0, 0.1) is 6.92 Å². The zero-order valence-electron chi connectivity index (χ0n) is 11.4. The Kier molecular flexibility index (Phi) is 3.96. The first-order chi connectivity index (χ1) is 9.27. The lowest BCUT2D eigenvalue weighted by Gasteiger charge is -2.34. The summed E-state index contributed by atoms with van der Waals surface area (Å²) in [5, 5.41) is 9.05. The van der Waals surface area contributed by atoms with Gasteiger partial charge in [-0.2, -0.15) is 4.31 Å². The summed E-state index contributed by atoms with van der Waals surface area (Å²) in [6.45, 7) is 3.52. The fourth-order valence-electron chi connectivity index (χ4n) is 2.19. The SMILES string of the molecule is Cc1cc(C(=O)O)cc(N2CCN(S(C)(=O)=O)CC2)n1. The van der Waals surface area contributed by atoms with Crippen molar-refractivity contribution in [1.29, 1.82) is 0 Å². The number of hydrogen-bond acceptors (Lipinski definition) is 5. The number of piperazine rings is 1. The molecule has 0 unspecified atom stereocenters. The minimum absolute atomic E-state index is 0.193. The molecule has 1 aliphatic heterocycles. The van der Waals surface area contributed by atoms with Gasteiger partial charge in [0.25, 0.3) is 0 Å². The molecule has 0 aromatic carbocycles. The highest BCUT2D eigenvalue weighted by Gasteiger charge is 2.24. The van der Waals surface area contributed by atoms with Gasteiger partial charge in [-0.15, -0.1) is 0 Å². The molecule has 1 aromatic heterocycles. The number of rotatable bonds is 3. The smallest absolute Gasteiger partial charge is 0.335 e. The van der Waals surface area contributed by atoms with E-state index in [4.69, 9.17) is 5.11 Å². The second-order valence-corrected chi connectivity index (χ2v) is 6.79. The summed E-state index contributed by atoms with van der Waals surface area (Å²) in [6, 6.07) is 3.03. The molecule has 0 saturated carbocycles. The predicted octanol–water partition coefficient (Wildman–Crippen LogP) is 0.170.